The lowest BCUT2D eigenvalue weighted by Crippen LogP contribution is -2.39. The van der Waals surface area contributed by atoms with Gasteiger partial charge in [0.2, 0.25) is 0 Å². The van der Waals surface area contributed by atoms with Gasteiger partial charge in [-0.05, 0) is 42.7 Å². The van der Waals surface area contributed by atoms with E-state index >= 15 is 0 Å². The molecule has 0 saturated carbocycles. The number of nitrogens with zero attached hydrogens (tertiary/aromatic N) is 2. The highest BCUT2D eigenvalue weighted by Gasteiger charge is 2.29. The Bertz CT molecular complexity index is 654. The third-order valence-corrected chi connectivity index (χ3v) is 4.77. The number of hydrogen-bond donors (Lipinski definition) is 0. The molecule has 0 spiro atoms. The standard InChI is InChI=1S/C19H25FN2/c1-14(2)18-17-6-4-5-15(16(17)7-10-21-18)13-22-11-8-19(3,20)9-12-22/h4-7,10,14H,8-9,11-13H2,1-3H3. The quantitative estimate of drug-likeness (QED) is 0.818. The number of aromatic nitrogens is 1. The van der Waals surface area contributed by atoms with Crippen molar-refractivity contribution in [2.45, 2.75) is 51.7 Å². The van der Waals surface area contributed by atoms with E-state index in [1.165, 1.54) is 16.3 Å². The average Bonchev–Trinajstić information content (AvgIpc) is 2.49. The summed E-state index contributed by atoms with van der Waals surface area (Å²) in [6.45, 7) is 8.66. The van der Waals surface area contributed by atoms with Gasteiger partial charge in [-0.1, -0.05) is 32.0 Å². The van der Waals surface area contributed by atoms with Crippen LogP contribution >= 0.6 is 0 Å². The third-order valence-electron chi connectivity index (χ3n) is 4.77. The maximum absolute atomic E-state index is 13.9. The first-order chi connectivity index (χ1) is 10.5. The molecule has 0 aliphatic carbocycles. The van der Waals surface area contributed by atoms with Crippen molar-refractivity contribution in [1.29, 1.82) is 0 Å². The van der Waals surface area contributed by atoms with Crippen molar-refractivity contribution in [3.63, 3.8) is 0 Å². The molecule has 118 valence electrons. The van der Waals surface area contributed by atoms with E-state index in [0.717, 1.165) is 25.3 Å². The molecule has 1 saturated heterocycles. The predicted octanol–water partition coefficient (Wildman–Crippen LogP) is 4.68. The van der Waals surface area contributed by atoms with Gasteiger partial charge in [0, 0.05) is 31.2 Å². The number of hydrogen-bond acceptors (Lipinski definition) is 2. The maximum atomic E-state index is 13.9. The van der Waals surface area contributed by atoms with Gasteiger partial charge in [0.25, 0.3) is 0 Å². The van der Waals surface area contributed by atoms with E-state index in [1.807, 2.05) is 6.20 Å². The highest BCUT2D eigenvalue weighted by molar-refractivity contribution is 5.87. The van der Waals surface area contributed by atoms with Gasteiger partial charge < -0.3 is 0 Å². The summed E-state index contributed by atoms with van der Waals surface area (Å²) >= 11 is 0. The molecule has 1 aromatic heterocycles. The van der Waals surface area contributed by atoms with Crippen molar-refractivity contribution in [1.82, 2.24) is 9.88 Å². The molecule has 2 aromatic rings. The second kappa shape index (κ2) is 5.96. The summed E-state index contributed by atoms with van der Waals surface area (Å²) in [6, 6.07) is 8.58. The first-order valence-corrected chi connectivity index (χ1v) is 8.24. The summed E-state index contributed by atoms with van der Waals surface area (Å²) in [4.78, 5) is 6.92. The second-order valence-electron chi connectivity index (χ2n) is 7.05. The molecule has 0 amide bonds. The molecule has 1 aliphatic rings. The smallest absolute Gasteiger partial charge is 0.110 e. The molecule has 1 aromatic carbocycles. The van der Waals surface area contributed by atoms with Crippen molar-refractivity contribution in [2.75, 3.05) is 13.1 Å². The van der Waals surface area contributed by atoms with Crippen LogP contribution in [-0.4, -0.2) is 28.6 Å². The van der Waals surface area contributed by atoms with Gasteiger partial charge in [-0.25, -0.2) is 4.39 Å². The number of pyridine rings is 1. The Morgan fingerprint density at radius 3 is 2.59 bits per heavy atom. The van der Waals surface area contributed by atoms with E-state index < -0.39 is 5.67 Å². The highest BCUT2D eigenvalue weighted by atomic mass is 19.1. The molecule has 3 rings (SSSR count). The van der Waals surface area contributed by atoms with E-state index in [2.05, 4.69) is 48.0 Å². The Labute approximate surface area is 132 Å². The van der Waals surface area contributed by atoms with Crippen molar-refractivity contribution in [2.24, 2.45) is 0 Å². The number of fused-ring (bicyclic) bond motifs is 1. The lowest BCUT2D eigenvalue weighted by molar-refractivity contribution is 0.0707. The minimum Gasteiger partial charge on any atom is -0.299 e. The summed E-state index contributed by atoms with van der Waals surface area (Å²) in [5, 5.41) is 2.54. The SMILES string of the molecule is CC(C)c1nccc2c(CN3CCC(C)(F)CC3)cccc12. The molecule has 0 bridgehead atoms. The van der Waals surface area contributed by atoms with Crippen LogP contribution in [0.2, 0.25) is 0 Å². The van der Waals surface area contributed by atoms with Gasteiger partial charge >= 0.3 is 0 Å². The summed E-state index contributed by atoms with van der Waals surface area (Å²) in [5.74, 6) is 0.418. The fraction of sp³-hybridized carbons (Fsp3) is 0.526. The van der Waals surface area contributed by atoms with Crippen molar-refractivity contribution in [3.8, 4) is 0 Å². The summed E-state index contributed by atoms with van der Waals surface area (Å²) in [5.41, 5.74) is 1.50. The Morgan fingerprint density at radius 1 is 1.18 bits per heavy atom. The van der Waals surface area contributed by atoms with Gasteiger partial charge in [-0.15, -0.1) is 0 Å². The third kappa shape index (κ3) is 3.14. The van der Waals surface area contributed by atoms with Crippen LogP contribution < -0.4 is 0 Å². The monoisotopic (exact) mass is 300 g/mol. The molecule has 1 aliphatic heterocycles. The number of rotatable bonds is 3. The van der Waals surface area contributed by atoms with Crippen molar-refractivity contribution < 1.29 is 4.39 Å². The minimum atomic E-state index is -0.982. The topological polar surface area (TPSA) is 16.1 Å². The lowest BCUT2D eigenvalue weighted by atomic mass is 9.94. The Hall–Kier alpha value is -1.48. The zero-order valence-corrected chi connectivity index (χ0v) is 13.8. The van der Waals surface area contributed by atoms with Gasteiger partial charge in [0.1, 0.15) is 5.67 Å². The number of piperidine rings is 1. The molecule has 2 heterocycles. The summed E-state index contributed by atoms with van der Waals surface area (Å²) < 4.78 is 13.9. The van der Waals surface area contributed by atoms with E-state index in [0.29, 0.717) is 18.8 Å². The molecule has 2 nitrogen and oxygen atoms in total. The zero-order valence-electron chi connectivity index (χ0n) is 13.8. The van der Waals surface area contributed by atoms with Crippen molar-refractivity contribution >= 4 is 10.8 Å². The first-order valence-electron chi connectivity index (χ1n) is 8.24. The lowest BCUT2D eigenvalue weighted by Gasteiger charge is -2.34. The number of alkyl halides is 1. The molecule has 22 heavy (non-hydrogen) atoms. The minimum absolute atomic E-state index is 0.418. The number of halogens is 1. The van der Waals surface area contributed by atoms with Crippen LogP contribution in [-0.2, 0) is 6.54 Å². The zero-order chi connectivity index (χ0) is 15.7. The van der Waals surface area contributed by atoms with E-state index in [9.17, 15) is 4.39 Å². The largest absolute Gasteiger partial charge is 0.299 e. The van der Waals surface area contributed by atoms with E-state index in [4.69, 9.17) is 0 Å². The van der Waals surface area contributed by atoms with Crippen molar-refractivity contribution in [3.05, 3.63) is 41.7 Å². The van der Waals surface area contributed by atoms with Gasteiger partial charge in [0.05, 0.1) is 5.69 Å². The average molecular weight is 300 g/mol. The predicted molar refractivity (Wildman–Crippen MR) is 89.9 cm³/mol. The normalized spacial score (nSPS) is 19.0. The highest BCUT2D eigenvalue weighted by Crippen LogP contribution is 2.29. The van der Waals surface area contributed by atoms with E-state index in [-0.39, 0.29) is 0 Å². The Balaban J connectivity index is 1.87. The Morgan fingerprint density at radius 2 is 1.91 bits per heavy atom. The van der Waals surface area contributed by atoms with Crippen LogP contribution in [0, 0.1) is 0 Å². The van der Waals surface area contributed by atoms with Crippen LogP contribution in [0.5, 0.6) is 0 Å². The molecule has 0 N–H and O–H groups in total. The van der Waals surface area contributed by atoms with E-state index in [1.54, 1.807) is 6.92 Å². The summed E-state index contributed by atoms with van der Waals surface area (Å²) in [7, 11) is 0. The first kappa shape index (κ1) is 15.4. The second-order valence-corrected chi connectivity index (χ2v) is 7.05. The Kier molecular flexibility index (Phi) is 4.18. The number of benzene rings is 1. The number of likely N-dealkylation sites (tertiary alicyclic amines) is 1. The molecular weight excluding hydrogens is 275 g/mol. The summed E-state index contributed by atoms with van der Waals surface area (Å²) in [6.07, 6.45) is 3.18. The maximum Gasteiger partial charge on any atom is 0.110 e. The fourth-order valence-corrected chi connectivity index (χ4v) is 3.31. The molecule has 1 fully saturated rings. The van der Waals surface area contributed by atoms with Crippen LogP contribution in [0.1, 0.15) is 50.8 Å². The molecule has 3 heteroatoms. The van der Waals surface area contributed by atoms with Gasteiger partial charge in [0.15, 0.2) is 0 Å². The van der Waals surface area contributed by atoms with Gasteiger partial charge in [-0.2, -0.15) is 0 Å². The van der Waals surface area contributed by atoms with Crippen LogP contribution in [0.25, 0.3) is 10.8 Å². The molecule has 0 atom stereocenters. The molecule has 0 radical (unpaired) electrons. The molecule has 0 unspecified atom stereocenters. The van der Waals surface area contributed by atoms with Crippen LogP contribution in [0.15, 0.2) is 30.5 Å². The molecular formula is C19H25FN2. The van der Waals surface area contributed by atoms with Gasteiger partial charge in [-0.3, -0.25) is 9.88 Å². The fourth-order valence-electron chi connectivity index (χ4n) is 3.31. The van der Waals surface area contributed by atoms with Crippen LogP contribution in [0.4, 0.5) is 4.39 Å². The van der Waals surface area contributed by atoms with Crippen LogP contribution in [0.3, 0.4) is 0 Å².